The predicted octanol–water partition coefficient (Wildman–Crippen LogP) is 1.47. The first-order valence-corrected chi connectivity index (χ1v) is 8.84. The summed E-state index contributed by atoms with van der Waals surface area (Å²) in [5.74, 6) is 0.308. The van der Waals surface area contributed by atoms with Crippen LogP contribution in [-0.4, -0.2) is 38.9 Å². The molecule has 0 aliphatic carbocycles. The normalized spacial score (nSPS) is 16.3. The molecule has 0 saturated heterocycles. The van der Waals surface area contributed by atoms with Crippen molar-refractivity contribution < 1.29 is 14.4 Å². The molecule has 1 atom stereocenters. The van der Waals surface area contributed by atoms with Crippen molar-refractivity contribution in [2.45, 2.75) is 39.2 Å². The molecule has 0 fully saturated rings. The Labute approximate surface area is 156 Å². The quantitative estimate of drug-likeness (QED) is 0.612. The molecule has 0 radical (unpaired) electrons. The van der Waals surface area contributed by atoms with Crippen molar-refractivity contribution in [1.82, 2.24) is 20.5 Å². The molecule has 0 saturated carbocycles. The van der Waals surface area contributed by atoms with Gasteiger partial charge in [0.1, 0.15) is 11.9 Å². The van der Waals surface area contributed by atoms with Crippen molar-refractivity contribution in [2.75, 3.05) is 10.6 Å². The topological polar surface area (TPSA) is 129 Å². The van der Waals surface area contributed by atoms with Crippen LogP contribution in [0.25, 0.3) is 0 Å². The molecule has 9 heteroatoms. The van der Waals surface area contributed by atoms with E-state index in [1.807, 2.05) is 0 Å². The average molecular weight is 370 g/mol. The average Bonchev–Trinajstić information content (AvgIpc) is 2.99. The first kappa shape index (κ1) is 18.6. The maximum absolute atomic E-state index is 12.3. The zero-order valence-electron chi connectivity index (χ0n) is 15.2. The van der Waals surface area contributed by atoms with Crippen LogP contribution in [0.4, 0.5) is 11.6 Å². The number of hydrogen-bond acceptors (Lipinski definition) is 5. The van der Waals surface area contributed by atoms with Gasteiger partial charge in [0.2, 0.25) is 17.8 Å². The Morgan fingerprint density at radius 3 is 2.81 bits per heavy atom. The summed E-state index contributed by atoms with van der Waals surface area (Å²) in [7, 11) is 0. The van der Waals surface area contributed by atoms with Crippen molar-refractivity contribution >= 4 is 29.4 Å². The van der Waals surface area contributed by atoms with E-state index >= 15 is 0 Å². The third-order valence-corrected chi connectivity index (χ3v) is 4.10. The summed E-state index contributed by atoms with van der Waals surface area (Å²) in [4.78, 5) is 40.9. The minimum Gasteiger partial charge on any atom is -0.340 e. The minimum atomic E-state index is -0.792. The smallest absolute Gasteiger partial charge is 0.254 e. The maximum atomic E-state index is 12.3. The van der Waals surface area contributed by atoms with Crippen LogP contribution >= 0.6 is 0 Å². The number of amides is 3. The lowest BCUT2D eigenvalue weighted by molar-refractivity contribution is -0.118. The molecule has 1 aromatic heterocycles. The number of anilines is 2. The van der Waals surface area contributed by atoms with Crippen molar-refractivity contribution in [3.63, 3.8) is 0 Å². The third-order valence-electron chi connectivity index (χ3n) is 4.10. The van der Waals surface area contributed by atoms with Crippen LogP contribution in [0, 0.1) is 5.92 Å². The molecule has 3 amide bonds. The molecule has 9 nitrogen and oxygen atoms in total. The Kier molecular flexibility index (Phi) is 5.49. The summed E-state index contributed by atoms with van der Waals surface area (Å²) in [5.41, 5.74) is 0.863. The van der Waals surface area contributed by atoms with Crippen LogP contribution < -0.4 is 16.0 Å². The molecule has 0 unspecified atom stereocenters. The van der Waals surface area contributed by atoms with Gasteiger partial charge < -0.3 is 10.6 Å². The summed E-state index contributed by atoms with van der Waals surface area (Å²) in [6.45, 7) is 4.12. The van der Waals surface area contributed by atoms with Crippen molar-refractivity contribution in [2.24, 2.45) is 5.92 Å². The van der Waals surface area contributed by atoms with Gasteiger partial charge in [-0.3, -0.25) is 24.8 Å². The fourth-order valence-corrected chi connectivity index (χ4v) is 2.81. The molecule has 1 aliphatic heterocycles. The Hall–Kier alpha value is -3.23. The van der Waals surface area contributed by atoms with E-state index in [-0.39, 0.29) is 36.5 Å². The second-order valence-corrected chi connectivity index (χ2v) is 6.85. The second-order valence-electron chi connectivity index (χ2n) is 6.85. The van der Waals surface area contributed by atoms with Gasteiger partial charge in [-0.15, -0.1) is 5.10 Å². The Balaban J connectivity index is 1.55. The molecule has 2 heterocycles. The highest BCUT2D eigenvalue weighted by molar-refractivity contribution is 6.09. The van der Waals surface area contributed by atoms with Gasteiger partial charge in [-0.2, -0.15) is 4.98 Å². The predicted molar refractivity (Wildman–Crippen MR) is 99.1 cm³/mol. The lowest BCUT2D eigenvalue weighted by Crippen LogP contribution is -2.41. The summed E-state index contributed by atoms with van der Waals surface area (Å²) in [5, 5.41) is 14.7. The molecule has 0 spiro atoms. The van der Waals surface area contributed by atoms with Gasteiger partial charge in [-0.05, 0) is 24.5 Å². The van der Waals surface area contributed by atoms with Crippen LogP contribution in [0.15, 0.2) is 24.3 Å². The standard InChI is InChI=1S/C18H22N6O3/c1-10(2)9-14-21-18(24-23-14)22-15(25)8-7-13-17(27)19-12-6-4-3-5-11(12)16(26)20-13/h3-6,10,13H,7-9H2,1-2H3,(H,19,27)(H,20,26)(H2,21,22,23,24,25)/t13-/m0/s1. The number of para-hydroxylation sites is 1. The van der Waals surface area contributed by atoms with Crippen LogP contribution in [0.2, 0.25) is 0 Å². The lowest BCUT2D eigenvalue weighted by atomic mass is 10.1. The molecular weight excluding hydrogens is 348 g/mol. The Bertz CT molecular complexity index is 860. The first-order valence-electron chi connectivity index (χ1n) is 8.84. The molecule has 0 bridgehead atoms. The van der Waals surface area contributed by atoms with Gasteiger partial charge >= 0.3 is 0 Å². The zero-order chi connectivity index (χ0) is 19.4. The van der Waals surface area contributed by atoms with E-state index in [0.29, 0.717) is 23.0 Å². The number of benzene rings is 1. The molecule has 1 aliphatic rings. The number of hydrogen-bond donors (Lipinski definition) is 4. The van der Waals surface area contributed by atoms with E-state index in [9.17, 15) is 14.4 Å². The number of nitrogens with one attached hydrogen (secondary N) is 4. The summed E-state index contributed by atoms with van der Waals surface area (Å²) < 4.78 is 0. The van der Waals surface area contributed by atoms with E-state index < -0.39 is 6.04 Å². The monoisotopic (exact) mass is 370 g/mol. The molecule has 4 N–H and O–H groups in total. The number of carbonyl (C=O) groups is 3. The van der Waals surface area contributed by atoms with E-state index in [1.54, 1.807) is 24.3 Å². The molecule has 2 aromatic rings. The highest BCUT2D eigenvalue weighted by atomic mass is 16.2. The van der Waals surface area contributed by atoms with E-state index in [0.717, 1.165) is 6.42 Å². The third kappa shape index (κ3) is 4.69. The molecule has 27 heavy (non-hydrogen) atoms. The van der Waals surface area contributed by atoms with Gasteiger partial charge in [0.15, 0.2) is 0 Å². The molecule has 1 aromatic carbocycles. The number of nitrogens with zero attached hydrogens (tertiary/aromatic N) is 2. The molecule has 3 rings (SSSR count). The number of aromatic amines is 1. The highest BCUT2D eigenvalue weighted by Crippen LogP contribution is 2.19. The number of carbonyl (C=O) groups excluding carboxylic acids is 3. The fraction of sp³-hybridized carbons (Fsp3) is 0.389. The van der Waals surface area contributed by atoms with Crippen molar-refractivity contribution in [3.8, 4) is 0 Å². The largest absolute Gasteiger partial charge is 0.340 e. The SMILES string of the molecule is CC(C)Cc1nc(NC(=O)CC[C@@H]2NC(=O)c3ccccc3NC2=O)n[nH]1. The summed E-state index contributed by atoms with van der Waals surface area (Å²) >= 11 is 0. The van der Waals surface area contributed by atoms with E-state index in [2.05, 4.69) is 45.0 Å². The zero-order valence-corrected chi connectivity index (χ0v) is 15.2. The highest BCUT2D eigenvalue weighted by Gasteiger charge is 2.27. The van der Waals surface area contributed by atoms with Crippen LogP contribution in [0.1, 0.15) is 42.9 Å². The number of rotatable bonds is 6. The summed E-state index contributed by atoms with van der Waals surface area (Å²) in [6.07, 6.45) is 0.946. The van der Waals surface area contributed by atoms with Gasteiger partial charge in [-0.25, -0.2) is 0 Å². The van der Waals surface area contributed by atoms with E-state index in [1.165, 1.54) is 0 Å². The van der Waals surface area contributed by atoms with Gasteiger partial charge in [0.25, 0.3) is 5.91 Å². The van der Waals surface area contributed by atoms with Gasteiger partial charge in [0.05, 0.1) is 11.3 Å². The van der Waals surface area contributed by atoms with E-state index in [4.69, 9.17) is 0 Å². The van der Waals surface area contributed by atoms with Gasteiger partial charge in [0, 0.05) is 12.8 Å². The first-order chi connectivity index (χ1) is 12.9. The van der Waals surface area contributed by atoms with Crippen molar-refractivity contribution in [1.29, 1.82) is 0 Å². The molecular formula is C18H22N6O3. The number of H-pyrrole nitrogens is 1. The summed E-state index contributed by atoms with van der Waals surface area (Å²) in [6, 6.07) is 5.98. The number of fused-ring (bicyclic) bond motifs is 1. The maximum Gasteiger partial charge on any atom is 0.254 e. The second kappa shape index (κ2) is 7.98. The minimum absolute atomic E-state index is 0.0444. The van der Waals surface area contributed by atoms with Crippen LogP contribution in [0.5, 0.6) is 0 Å². The van der Waals surface area contributed by atoms with Crippen LogP contribution in [-0.2, 0) is 16.0 Å². The van der Waals surface area contributed by atoms with Crippen LogP contribution in [0.3, 0.4) is 0 Å². The molecule has 142 valence electrons. The van der Waals surface area contributed by atoms with Gasteiger partial charge in [-0.1, -0.05) is 26.0 Å². The Morgan fingerprint density at radius 1 is 1.26 bits per heavy atom. The fourth-order valence-electron chi connectivity index (χ4n) is 2.81. The lowest BCUT2D eigenvalue weighted by Gasteiger charge is -2.13. The Morgan fingerprint density at radius 2 is 2.04 bits per heavy atom. The van der Waals surface area contributed by atoms with Crippen molar-refractivity contribution in [3.05, 3.63) is 35.7 Å². The number of aromatic nitrogens is 3.